The molecule has 0 aromatic carbocycles. The zero-order valence-electron chi connectivity index (χ0n) is 11.9. The fourth-order valence-corrected chi connectivity index (χ4v) is 2.75. The van der Waals surface area contributed by atoms with Crippen molar-refractivity contribution in [1.29, 1.82) is 0 Å². The van der Waals surface area contributed by atoms with Crippen LogP contribution in [0.3, 0.4) is 0 Å². The number of nitrogens with one attached hydrogen (secondary N) is 1. The van der Waals surface area contributed by atoms with Crippen molar-refractivity contribution in [1.82, 2.24) is 10.2 Å². The Morgan fingerprint density at radius 2 is 1.95 bits per heavy atom. The molecule has 1 amide bonds. The summed E-state index contributed by atoms with van der Waals surface area (Å²) in [5, 5.41) is 13.5. The van der Waals surface area contributed by atoms with E-state index in [9.17, 15) is 9.90 Å². The van der Waals surface area contributed by atoms with E-state index in [1.165, 1.54) is 6.42 Å². The summed E-state index contributed by atoms with van der Waals surface area (Å²) in [7, 11) is 0. The molecule has 5 nitrogen and oxygen atoms in total. The Bertz CT molecular complexity index is 297. The Hall–Kier alpha value is -0.650. The Morgan fingerprint density at radius 3 is 2.58 bits per heavy atom. The molecule has 0 aromatic rings. The van der Waals surface area contributed by atoms with Gasteiger partial charge in [-0.2, -0.15) is 0 Å². The summed E-state index contributed by atoms with van der Waals surface area (Å²) in [6.45, 7) is 5.32. The fraction of sp³-hybridized carbons (Fsp3) is 0.929. The maximum atomic E-state index is 12.2. The highest BCUT2D eigenvalue weighted by atomic mass is 16.5. The lowest BCUT2D eigenvalue weighted by Gasteiger charge is -2.34. The van der Waals surface area contributed by atoms with Gasteiger partial charge in [-0.05, 0) is 26.2 Å². The van der Waals surface area contributed by atoms with E-state index in [1.807, 2.05) is 11.8 Å². The molecule has 2 aliphatic heterocycles. The summed E-state index contributed by atoms with van der Waals surface area (Å²) in [5.74, 6) is 0.162. The van der Waals surface area contributed by atoms with E-state index in [-0.39, 0.29) is 11.9 Å². The minimum atomic E-state index is -0.714. The summed E-state index contributed by atoms with van der Waals surface area (Å²) >= 11 is 0. The fourth-order valence-electron chi connectivity index (χ4n) is 2.75. The van der Waals surface area contributed by atoms with Crippen molar-refractivity contribution in [2.75, 3.05) is 32.8 Å². The van der Waals surface area contributed by atoms with Crippen LogP contribution in [0.5, 0.6) is 0 Å². The van der Waals surface area contributed by atoms with Gasteiger partial charge in [0.1, 0.15) is 0 Å². The number of hydrogen-bond donors (Lipinski definition) is 2. The van der Waals surface area contributed by atoms with E-state index < -0.39 is 5.60 Å². The monoisotopic (exact) mass is 270 g/mol. The third kappa shape index (κ3) is 4.16. The van der Waals surface area contributed by atoms with Crippen LogP contribution in [-0.4, -0.2) is 60.4 Å². The molecule has 2 rings (SSSR count). The molecule has 19 heavy (non-hydrogen) atoms. The molecule has 0 radical (unpaired) electrons. The van der Waals surface area contributed by atoms with Crippen LogP contribution in [0.15, 0.2) is 0 Å². The van der Waals surface area contributed by atoms with Crippen LogP contribution >= 0.6 is 0 Å². The molecule has 0 aliphatic carbocycles. The minimum Gasteiger partial charge on any atom is -0.388 e. The molecule has 2 aliphatic rings. The average molecular weight is 270 g/mol. The first-order chi connectivity index (χ1) is 9.11. The van der Waals surface area contributed by atoms with Gasteiger partial charge in [0.2, 0.25) is 5.91 Å². The van der Waals surface area contributed by atoms with Crippen LogP contribution in [0.1, 0.15) is 39.0 Å². The van der Waals surface area contributed by atoms with Gasteiger partial charge < -0.3 is 20.1 Å². The van der Waals surface area contributed by atoms with Gasteiger partial charge in [0, 0.05) is 45.7 Å². The van der Waals surface area contributed by atoms with Crippen molar-refractivity contribution in [3.05, 3.63) is 0 Å². The van der Waals surface area contributed by atoms with Gasteiger partial charge in [-0.3, -0.25) is 4.79 Å². The Labute approximate surface area is 115 Å². The highest BCUT2D eigenvalue weighted by Crippen LogP contribution is 2.19. The molecule has 0 saturated carbocycles. The van der Waals surface area contributed by atoms with E-state index in [0.717, 1.165) is 25.9 Å². The number of amides is 1. The summed E-state index contributed by atoms with van der Waals surface area (Å²) in [5.41, 5.74) is -0.714. The van der Waals surface area contributed by atoms with Gasteiger partial charge in [-0.25, -0.2) is 0 Å². The molecule has 2 fully saturated rings. The number of piperidine rings is 1. The maximum absolute atomic E-state index is 12.2. The minimum absolute atomic E-state index is 0.162. The van der Waals surface area contributed by atoms with Crippen LogP contribution in [-0.2, 0) is 9.53 Å². The van der Waals surface area contributed by atoms with Crippen molar-refractivity contribution in [2.24, 2.45) is 0 Å². The highest BCUT2D eigenvalue weighted by Gasteiger charge is 2.31. The van der Waals surface area contributed by atoms with Crippen molar-refractivity contribution in [2.45, 2.75) is 50.7 Å². The summed E-state index contributed by atoms with van der Waals surface area (Å²) in [6, 6.07) is -0.218. The summed E-state index contributed by atoms with van der Waals surface area (Å²) < 4.78 is 5.25. The molecular weight excluding hydrogens is 244 g/mol. The number of carbonyl (C=O) groups is 1. The Kier molecular flexibility index (Phi) is 5.19. The standard InChI is InChI=1S/C14H26N2O3/c1-12(13(17)16-7-3-2-4-8-16)15-11-14(18)5-9-19-10-6-14/h12,15,18H,2-11H2,1H3. The van der Waals surface area contributed by atoms with Crippen LogP contribution in [0.2, 0.25) is 0 Å². The normalized spacial score (nSPS) is 25.1. The number of rotatable bonds is 4. The molecule has 0 bridgehead atoms. The average Bonchev–Trinajstić information content (AvgIpc) is 2.46. The predicted molar refractivity (Wildman–Crippen MR) is 72.9 cm³/mol. The largest absolute Gasteiger partial charge is 0.388 e. The first kappa shape index (κ1) is 14.8. The van der Waals surface area contributed by atoms with Crippen molar-refractivity contribution in [3.63, 3.8) is 0 Å². The molecule has 2 saturated heterocycles. The Morgan fingerprint density at radius 1 is 1.32 bits per heavy atom. The number of ether oxygens (including phenoxy) is 1. The molecule has 110 valence electrons. The van der Waals surface area contributed by atoms with Gasteiger partial charge in [0.25, 0.3) is 0 Å². The third-order valence-corrected chi connectivity index (χ3v) is 4.20. The second kappa shape index (κ2) is 6.68. The van der Waals surface area contributed by atoms with Gasteiger partial charge in [0.15, 0.2) is 0 Å². The van der Waals surface area contributed by atoms with E-state index in [4.69, 9.17) is 4.74 Å². The van der Waals surface area contributed by atoms with Gasteiger partial charge in [-0.15, -0.1) is 0 Å². The van der Waals surface area contributed by atoms with Gasteiger partial charge in [-0.1, -0.05) is 0 Å². The van der Waals surface area contributed by atoms with Gasteiger partial charge >= 0.3 is 0 Å². The zero-order valence-corrected chi connectivity index (χ0v) is 11.9. The van der Waals surface area contributed by atoms with Crippen molar-refractivity contribution in [3.8, 4) is 0 Å². The smallest absolute Gasteiger partial charge is 0.239 e. The summed E-state index contributed by atoms with van der Waals surface area (Å²) in [4.78, 5) is 14.2. The predicted octanol–water partition coefficient (Wildman–Crippen LogP) is 0.518. The molecule has 2 heterocycles. The van der Waals surface area contributed by atoms with E-state index in [0.29, 0.717) is 32.6 Å². The second-order valence-electron chi connectivity index (χ2n) is 5.83. The van der Waals surface area contributed by atoms with Crippen molar-refractivity contribution >= 4 is 5.91 Å². The molecular formula is C14H26N2O3. The van der Waals surface area contributed by atoms with Crippen LogP contribution in [0, 0.1) is 0 Å². The number of hydrogen-bond acceptors (Lipinski definition) is 4. The topological polar surface area (TPSA) is 61.8 Å². The number of likely N-dealkylation sites (tertiary alicyclic amines) is 1. The van der Waals surface area contributed by atoms with Crippen molar-refractivity contribution < 1.29 is 14.6 Å². The van der Waals surface area contributed by atoms with Crippen LogP contribution < -0.4 is 5.32 Å². The number of carbonyl (C=O) groups excluding carboxylic acids is 1. The second-order valence-corrected chi connectivity index (χ2v) is 5.83. The lowest BCUT2D eigenvalue weighted by molar-refractivity contribution is -0.134. The SMILES string of the molecule is CC(NCC1(O)CCOCC1)C(=O)N1CCCCC1. The molecule has 0 spiro atoms. The molecule has 0 aromatic heterocycles. The lowest BCUT2D eigenvalue weighted by Crippen LogP contribution is -2.52. The van der Waals surface area contributed by atoms with E-state index in [1.54, 1.807) is 0 Å². The highest BCUT2D eigenvalue weighted by molar-refractivity contribution is 5.81. The maximum Gasteiger partial charge on any atom is 0.239 e. The van der Waals surface area contributed by atoms with Gasteiger partial charge in [0.05, 0.1) is 11.6 Å². The van der Waals surface area contributed by atoms with Crippen LogP contribution in [0.25, 0.3) is 0 Å². The quantitative estimate of drug-likeness (QED) is 0.782. The molecule has 2 N–H and O–H groups in total. The number of aliphatic hydroxyl groups is 1. The first-order valence-corrected chi connectivity index (χ1v) is 7.43. The van der Waals surface area contributed by atoms with E-state index >= 15 is 0 Å². The third-order valence-electron chi connectivity index (χ3n) is 4.20. The van der Waals surface area contributed by atoms with E-state index in [2.05, 4.69) is 5.32 Å². The molecule has 1 unspecified atom stereocenters. The molecule has 5 heteroatoms. The lowest BCUT2D eigenvalue weighted by atomic mass is 9.94. The number of nitrogens with zero attached hydrogens (tertiary/aromatic N) is 1. The Balaban J connectivity index is 1.76. The molecule has 1 atom stereocenters. The summed E-state index contributed by atoms with van der Waals surface area (Å²) in [6.07, 6.45) is 4.74. The first-order valence-electron chi connectivity index (χ1n) is 7.43. The zero-order chi connectivity index (χ0) is 13.7. The van der Waals surface area contributed by atoms with Crippen LogP contribution in [0.4, 0.5) is 0 Å².